The second-order valence-electron chi connectivity index (χ2n) is 4.11. The molecule has 0 amide bonds. The van der Waals surface area contributed by atoms with E-state index in [4.69, 9.17) is 9.47 Å². The lowest BCUT2D eigenvalue weighted by atomic mass is 10.1. The fourth-order valence-corrected chi connectivity index (χ4v) is 1.65. The van der Waals surface area contributed by atoms with Crippen LogP contribution in [0.2, 0.25) is 0 Å². The first-order chi connectivity index (χ1) is 8.72. The first-order valence-electron chi connectivity index (χ1n) is 5.84. The topological polar surface area (TPSA) is 64.2 Å². The lowest BCUT2D eigenvalue weighted by molar-refractivity contribution is 0.0392. The number of para-hydroxylation sites is 1. The van der Waals surface area contributed by atoms with Gasteiger partial charge in [0.1, 0.15) is 0 Å². The normalized spacial score (nSPS) is 12.6. The molecule has 1 aromatic heterocycles. The van der Waals surface area contributed by atoms with Crippen molar-refractivity contribution in [1.82, 2.24) is 10.2 Å². The van der Waals surface area contributed by atoms with Crippen molar-refractivity contribution < 1.29 is 14.3 Å². The van der Waals surface area contributed by atoms with Crippen molar-refractivity contribution in [3.63, 3.8) is 0 Å². The molecule has 1 atom stereocenters. The summed E-state index contributed by atoms with van der Waals surface area (Å²) in [5, 5.41) is 7.62. The summed E-state index contributed by atoms with van der Waals surface area (Å²) in [4.78, 5) is 11.9. The SMILES string of the molecule is CO[C@H](C)CCOC(=O)c1cccc2cn[nH]c12. The first-order valence-corrected chi connectivity index (χ1v) is 5.84. The summed E-state index contributed by atoms with van der Waals surface area (Å²) < 4.78 is 10.3. The molecule has 5 nitrogen and oxygen atoms in total. The van der Waals surface area contributed by atoms with E-state index in [2.05, 4.69) is 10.2 Å². The van der Waals surface area contributed by atoms with E-state index < -0.39 is 0 Å². The Kier molecular flexibility index (Phi) is 3.94. The summed E-state index contributed by atoms with van der Waals surface area (Å²) in [6, 6.07) is 5.43. The standard InChI is InChI=1S/C13H16N2O3/c1-9(17-2)6-7-18-13(16)11-5-3-4-10-8-14-15-12(10)11/h3-5,8-9H,6-7H2,1-2H3,(H,14,15)/t9-/m1/s1. The van der Waals surface area contributed by atoms with Gasteiger partial charge in [-0.3, -0.25) is 5.10 Å². The highest BCUT2D eigenvalue weighted by molar-refractivity contribution is 6.02. The van der Waals surface area contributed by atoms with Crippen molar-refractivity contribution in [2.45, 2.75) is 19.4 Å². The molecule has 0 saturated carbocycles. The van der Waals surface area contributed by atoms with Crippen LogP contribution >= 0.6 is 0 Å². The van der Waals surface area contributed by atoms with Gasteiger partial charge in [-0.25, -0.2) is 4.79 Å². The lowest BCUT2D eigenvalue weighted by Gasteiger charge is -2.09. The number of ether oxygens (including phenoxy) is 2. The molecule has 1 N–H and O–H groups in total. The monoisotopic (exact) mass is 248 g/mol. The van der Waals surface area contributed by atoms with Crippen LogP contribution in [0.25, 0.3) is 10.9 Å². The lowest BCUT2D eigenvalue weighted by Crippen LogP contribution is -2.13. The minimum atomic E-state index is -0.340. The van der Waals surface area contributed by atoms with Gasteiger partial charge >= 0.3 is 5.97 Å². The third-order valence-corrected chi connectivity index (χ3v) is 2.86. The summed E-state index contributed by atoms with van der Waals surface area (Å²) >= 11 is 0. The smallest absolute Gasteiger partial charge is 0.340 e. The fourth-order valence-electron chi connectivity index (χ4n) is 1.65. The van der Waals surface area contributed by atoms with Crippen LogP contribution in [0.4, 0.5) is 0 Å². The number of carbonyl (C=O) groups excluding carboxylic acids is 1. The summed E-state index contributed by atoms with van der Waals surface area (Å²) in [6.07, 6.45) is 2.45. The average Bonchev–Trinajstić information content (AvgIpc) is 2.86. The molecule has 1 heterocycles. The van der Waals surface area contributed by atoms with E-state index in [-0.39, 0.29) is 12.1 Å². The molecule has 0 radical (unpaired) electrons. The molecule has 0 aliphatic rings. The molecule has 0 unspecified atom stereocenters. The van der Waals surface area contributed by atoms with Gasteiger partial charge in [-0.2, -0.15) is 5.10 Å². The van der Waals surface area contributed by atoms with Gasteiger partial charge in [-0.15, -0.1) is 0 Å². The molecule has 0 aliphatic heterocycles. The van der Waals surface area contributed by atoms with E-state index in [1.165, 1.54) is 0 Å². The Morgan fingerprint density at radius 2 is 2.33 bits per heavy atom. The number of esters is 1. The second-order valence-corrected chi connectivity index (χ2v) is 4.11. The molecular formula is C13H16N2O3. The van der Waals surface area contributed by atoms with Crippen molar-refractivity contribution in [2.24, 2.45) is 0 Å². The van der Waals surface area contributed by atoms with Gasteiger partial charge in [0.2, 0.25) is 0 Å². The molecule has 0 fully saturated rings. The number of methoxy groups -OCH3 is 1. The zero-order valence-corrected chi connectivity index (χ0v) is 10.5. The van der Waals surface area contributed by atoms with Gasteiger partial charge in [-0.05, 0) is 13.0 Å². The highest BCUT2D eigenvalue weighted by Gasteiger charge is 2.12. The van der Waals surface area contributed by atoms with Crippen LogP contribution in [0.15, 0.2) is 24.4 Å². The zero-order chi connectivity index (χ0) is 13.0. The van der Waals surface area contributed by atoms with E-state index in [0.717, 1.165) is 5.39 Å². The molecule has 2 rings (SSSR count). The number of nitrogens with zero attached hydrogens (tertiary/aromatic N) is 1. The number of carbonyl (C=O) groups is 1. The Labute approximate surface area is 105 Å². The van der Waals surface area contributed by atoms with Crippen molar-refractivity contribution in [1.29, 1.82) is 0 Å². The molecule has 5 heteroatoms. The number of benzene rings is 1. The molecule has 0 aliphatic carbocycles. The van der Waals surface area contributed by atoms with Gasteiger partial charge in [-0.1, -0.05) is 12.1 Å². The molecule has 1 aromatic carbocycles. The molecule has 0 bridgehead atoms. The highest BCUT2D eigenvalue weighted by Crippen LogP contribution is 2.16. The predicted octanol–water partition coefficient (Wildman–Crippen LogP) is 2.14. The van der Waals surface area contributed by atoms with Crippen molar-refractivity contribution in [2.75, 3.05) is 13.7 Å². The van der Waals surface area contributed by atoms with Gasteiger partial charge in [0.05, 0.1) is 30.0 Å². The van der Waals surface area contributed by atoms with Crippen LogP contribution in [0.5, 0.6) is 0 Å². The van der Waals surface area contributed by atoms with E-state index in [1.807, 2.05) is 19.1 Å². The van der Waals surface area contributed by atoms with Crippen LogP contribution in [0, 0.1) is 0 Å². The minimum absolute atomic E-state index is 0.0840. The molecule has 96 valence electrons. The average molecular weight is 248 g/mol. The third-order valence-electron chi connectivity index (χ3n) is 2.86. The van der Waals surface area contributed by atoms with E-state index in [0.29, 0.717) is 24.1 Å². The van der Waals surface area contributed by atoms with E-state index in [9.17, 15) is 4.79 Å². The quantitative estimate of drug-likeness (QED) is 0.823. The number of rotatable bonds is 5. The Hall–Kier alpha value is -1.88. The number of hydrogen-bond acceptors (Lipinski definition) is 4. The summed E-state index contributed by atoms with van der Waals surface area (Å²) in [5.74, 6) is -0.340. The van der Waals surface area contributed by atoms with Gasteiger partial charge in [0, 0.05) is 18.9 Å². The fraction of sp³-hybridized carbons (Fsp3) is 0.385. The molecular weight excluding hydrogens is 232 g/mol. The van der Waals surface area contributed by atoms with Crippen molar-refractivity contribution in [3.05, 3.63) is 30.0 Å². The maximum atomic E-state index is 11.9. The summed E-state index contributed by atoms with van der Waals surface area (Å²) in [5.41, 5.74) is 1.22. The zero-order valence-electron chi connectivity index (χ0n) is 10.5. The van der Waals surface area contributed by atoms with Crippen molar-refractivity contribution in [3.8, 4) is 0 Å². The van der Waals surface area contributed by atoms with E-state index >= 15 is 0 Å². The van der Waals surface area contributed by atoms with Crippen molar-refractivity contribution >= 4 is 16.9 Å². The maximum absolute atomic E-state index is 11.9. The first kappa shape index (κ1) is 12.6. The third kappa shape index (κ3) is 2.68. The van der Waals surface area contributed by atoms with Gasteiger partial charge in [0.25, 0.3) is 0 Å². The molecule has 2 aromatic rings. The molecule has 18 heavy (non-hydrogen) atoms. The van der Waals surface area contributed by atoms with Gasteiger partial charge in [0.15, 0.2) is 0 Å². The summed E-state index contributed by atoms with van der Waals surface area (Å²) in [6.45, 7) is 2.28. The maximum Gasteiger partial charge on any atom is 0.340 e. The Balaban J connectivity index is 2.03. The number of nitrogens with one attached hydrogen (secondary N) is 1. The Bertz CT molecular complexity index is 536. The number of fused-ring (bicyclic) bond motifs is 1. The number of aromatic amines is 1. The van der Waals surface area contributed by atoms with Crippen LogP contribution in [-0.4, -0.2) is 36.0 Å². The van der Waals surface area contributed by atoms with Crippen LogP contribution in [0.3, 0.4) is 0 Å². The molecule has 0 saturated heterocycles. The minimum Gasteiger partial charge on any atom is -0.462 e. The Morgan fingerprint density at radius 1 is 1.50 bits per heavy atom. The number of H-pyrrole nitrogens is 1. The largest absolute Gasteiger partial charge is 0.462 e. The highest BCUT2D eigenvalue weighted by atomic mass is 16.5. The molecule has 0 spiro atoms. The summed E-state index contributed by atoms with van der Waals surface area (Å²) in [7, 11) is 1.64. The van der Waals surface area contributed by atoms with Gasteiger partial charge < -0.3 is 9.47 Å². The van der Waals surface area contributed by atoms with E-state index in [1.54, 1.807) is 19.4 Å². The predicted molar refractivity (Wildman–Crippen MR) is 67.5 cm³/mol. The van der Waals surface area contributed by atoms with Crippen LogP contribution < -0.4 is 0 Å². The Morgan fingerprint density at radius 3 is 3.11 bits per heavy atom. The van der Waals surface area contributed by atoms with Crippen LogP contribution in [-0.2, 0) is 9.47 Å². The van der Waals surface area contributed by atoms with Crippen LogP contribution in [0.1, 0.15) is 23.7 Å². The number of aromatic nitrogens is 2. The number of hydrogen-bond donors (Lipinski definition) is 1. The second kappa shape index (κ2) is 5.64.